The fraction of sp³-hybridized carbons (Fsp3) is 0.625. The standard InChI is InChI=1S/C16H22ClNO2S/c1-18-10-12-2-3-15(14(17)8-12)20-13-4-6-19-16(9-13)5-7-21-11-16/h2-3,8,13,18H,4-7,9-11H2,1H3. The molecule has 0 bridgehead atoms. The Kier molecular flexibility index (Phi) is 4.99. The van der Waals surface area contributed by atoms with Crippen LogP contribution in [0.25, 0.3) is 0 Å². The molecule has 1 aromatic carbocycles. The van der Waals surface area contributed by atoms with Crippen molar-refractivity contribution in [3.8, 4) is 5.75 Å². The van der Waals surface area contributed by atoms with Crippen LogP contribution in [-0.4, -0.2) is 36.9 Å². The zero-order valence-electron chi connectivity index (χ0n) is 12.4. The van der Waals surface area contributed by atoms with Crippen LogP contribution in [0.15, 0.2) is 18.2 Å². The maximum atomic E-state index is 6.35. The zero-order chi connectivity index (χ0) is 14.7. The first-order chi connectivity index (χ1) is 10.2. The second-order valence-electron chi connectivity index (χ2n) is 5.86. The molecule has 2 heterocycles. The van der Waals surface area contributed by atoms with E-state index in [4.69, 9.17) is 21.1 Å². The topological polar surface area (TPSA) is 30.5 Å². The van der Waals surface area contributed by atoms with Crippen molar-refractivity contribution in [3.05, 3.63) is 28.8 Å². The van der Waals surface area contributed by atoms with E-state index in [-0.39, 0.29) is 11.7 Å². The van der Waals surface area contributed by atoms with Crippen molar-refractivity contribution in [2.24, 2.45) is 0 Å². The van der Waals surface area contributed by atoms with Gasteiger partial charge in [-0.1, -0.05) is 17.7 Å². The van der Waals surface area contributed by atoms with Crippen LogP contribution >= 0.6 is 23.4 Å². The predicted octanol–water partition coefficient (Wildman–Crippen LogP) is 3.49. The summed E-state index contributed by atoms with van der Waals surface area (Å²) < 4.78 is 12.2. The van der Waals surface area contributed by atoms with Crippen molar-refractivity contribution in [2.75, 3.05) is 25.2 Å². The van der Waals surface area contributed by atoms with Gasteiger partial charge in [-0.05, 0) is 36.9 Å². The van der Waals surface area contributed by atoms with Gasteiger partial charge in [0.2, 0.25) is 0 Å². The molecular formula is C16H22ClNO2S. The Labute approximate surface area is 135 Å². The number of rotatable bonds is 4. The van der Waals surface area contributed by atoms with Gasteiger partial charge in [-0.25, -0.2) is 0 Å². The molecule has 116 valence electrons. The minimum absolute atomic E-state index is 0.0477. The molecule has 1 spiro atoms. The zero-order valence-corrected chi connectivity index (χ0v) is 13.9. The molecule has 0 amide bonds. The summed E-state index contributed by atoms with van der Waals surface area (Å²) in [5.41, 5.74) is 1.22. The van der Waals surface area contributed by atoms with E-state index in [1.807, 2.05) is 30.9 Å². The number of ether oxygens (including phenoxy) is 2. The number of benzene rings is 1. The average molecular weight is 328 g/mol. The number of hydrogen-bond acceptors (Lipinski definition) is 4. The Hall–Kier alpha value is -0.420. The summed E-state index contributed by atoms with van der Waals surface area (Å²) in [5.74, 6) is 3.10. The lowest BCUT2D eigenvalue weighted by Gasteiger charge is -2.37. The number of nitrogens with one attached hydrogen (secondary N) is 1. The van der Waals surface area contributed by atoms with E-state index in [2.05, 4.69) is 11.4 Å². The van der Waals surface area contributed by atoms with Gasteiger partial charge in [-0.15, -0.1) is 0 Å². The van der Waals surface area contributed by atoms with Crippen molar-refractivity contribution in [1.29, 1.82) is 0 Å². The molecule has 2 aliphatic rings. The van der Waals surface area contributed by atoms with Gasteiger partial charge < -0.3 is 14.8 Å². The van der Waals surface area contributed by atoms with Crippen LogP contribution in [0.4, 0.5) is 0 Å². The van der Waals surface area contributed by atoms with Crippen molar-refractivity contribution < 1.29 is 9.47 Å². The summed E-state index contributed by atoms with van der Waals surface area (Å²) in [6.45, 7) is 1.61. The predicted molar refractivity (Wildman–Crippen MR) is 88.5 cm³/mol. The minimum atomic E-state index is 0.0477. The largest absolute Gasteiger partial charge is 0.489 e. The molecule has 0 saturated carbocycles. The van der Waals surface area contributed by atoms with Gasteiger partial charge in [0.1, 0.15) is 11.9 Å². The van der Waals surface area contributed by atoms with E-state index < -0.39 is 0 Å². The molecule has 1 aromatic rings. The van der Waals surface area contributed by atoms with Crippen LogP contribution in [-0.2, 0) is 11.3 Å². The van der Waals surface area contributed by atoms with Crippen molar-refractivity contribution >= 4 is 23.4 Å². The van der Waals surface area contributed by atoms with Crippen molar-refractivity contribution in [1.82, 2.24) is 5.32 Å². The average Bonchev–Trinajstić information content (AvgIpc) is 2.90. The summed E-state index contributed by atoms with van der Waals surface area (Å²) in [5, 5.41) is 3.82. The molecule has 21 heavy (non-hydrogen) atoms. The molecule has 2 fully saturated rings. The highest BCUT2D eigenvalue weighted by Gasteiger charge is 2.41. The van der Waals surface area contributed by atoms with Crippen LogP contribution in [0, 0.1) is 0 Å². The molecule has 2 saturated heterocycles. The van der Waals surface area contributed by atoms with Gasteiger partial charge in [0.15, 0.2) is 0 Å². The molecule has 0 radical (unpaired) electrons. The monoisotopic (exact) mass is 327 g/mol. The van der Waals surface area contributed by atoms with Gasteiger partial charge in [0, 0.05) is 25.1 Å². The maximum absolute atomic E-state index is 6.35. The Morgan fingerprint density at radius 2 is 2.43 bits per heavy atom. The minimum Gasteiger partial charge on any atom is -0.489 e. The third kappa shape index (κ3) is 3.67. The van der Waals surface area contributed by atoms with Crippen molar-refractivity contribution in [3.63, 3.8) is 0 Å². The molecule has 3 nitrogen and oxygen atoms in total. The molecule has 2 atom stereocenters. The number of hydrogen-bond donors (Lipinski definition) is 1. The van der Waals surface area contributed by atoms with E-state index in [0.29, 0.717) is 5.02 Å². The van der Waals surface area contributed by atoms with Crippen molar-refractivity contribution in [2.45, 2.75) is 37.5 Å². The van der Waals surface area contributed by atoms with Crippen LogP contribution in [0.1, 0.15) is 24.8 Å². The molecule has 2 aliphatic heterocycles. The third-order valence-corrected chi connectivity index (χ3v) is 5.70. The van der Waals surface area contributed by atoms with E-state index in [1.54, 1.807) is 0 Å². The van der Waals surface area contributed by atoms with E-state index in [0.717, 1.165) is 43.9 Å². The lowest BCUT2D eigenvalue weighted by Crippen LogP contribution is -2.43. The Morgan fingerprint density at radius 3 is 3.14 bits per heavy atom. The van der Waals surface area contributed by atoms with Gasteiger partial charge in [-0.2, -0.15) is 11.8 Å². The summed E-state index contributed by atoms with van der Waals surface area (Å²) in [4.78, 5) is 0. The molecule has 2 unspecified atom stereocenters. The Balaban J connectivity index is 1.65. The van der Waals surface area contributed by atoms with Crippen LogP contribution in [0.3, 0.4) is 0 Å². The number of halogens is 1. The second-order valence-corrected chi connectivity index (χ2v) is 7.37. The smallest absolute Gasteiger partial charge is 0.138 e. The second kappa shape index (κ2) is 6.78. The highest BCUT2D eigenvalue weighted by Crippen LogP contribution is 2.40. The molecular weight excluding hydrogens is 306 g/mol. The third-order valence-electron chi connectivity index (χ3n) is 4.19. The van der Waals surface area contributed by atoms with Gasteiger partial charge >= 0.3 is 0 Å². The first-order valence-electron chi connectivity index (χ1n) is 7.52. The highest BCUT2D eigenvalue weighted by molar-refractivity contribution is 7.99. The molecule has 3 rings (SSSR count). The summed E-state index contributed by atoms with van der Waals surface area (Å²) in [6.07, 6.45) is 3.28. The van der Waals surface area contributed by atoms with Crippen LogP contribution in [0.5, 0.6) is 5.75 Å². The Bertz CT molecular complexity index is 491. The van der Waals surface area contributed by atoms with E-state index in [1.165, 1.54) is 11.3 Å². The maximum Gasteiger partial charge on any atom is 0.138 e. The first-order valence-corrected chi connectivity index (χ1v) is 9.05. The lowest BCUT2D eigenvalue weighted by atomic mass is 9.91. The van der Waals surface area contributed by atoms with E-state index in [9.17, 15) is 0 Å². The molecule has 0 aromatic heterocycles. The first kappa shape index (κ1) is 15.5. The fourth-order valence-electron chi connectivity index (χ4n) is 3.08. The fourth-order valence-corrected chi connectivity index (χ4v) is 4.71. The summed E-state index contributed by atoms with van der Waals surface area (Å²) >= 11 is 8.33. The number of thioether (sulfide) groups is 1. The van der Waals surface area contributed by atoms with Gasteiger partial charge in [0.25, 0.3) is 0 Å². The molecule has 0 aliphatic carbocycles. The Morgan fingerprint density at radius 1 is 1.52 bits per heavy atom. The van der Waals surface area contributed by atoms with Gasteiger partial charge in [-0.3, -0.25) is 0 Å². The lowest BCUT2D eigenvalue weighted by molar-refractivity contribution is -0.0958. The van der Waals surface area contributed by atoms with E-state index >= 15 is 0 Å². The molecule has 1 N–H and O–H groups in total. The summed E-state index contributed by atoms with van der Waals surface area (Å²) in [6, 6.07) is 6.03. The normalized spacial score (nSPS) is 29.0. The van der Waals surface area contributed by atoms with Crippen LogP contribution < -0.4 is 10.1 Å². The molecule has 5 heteroatoms. The SMILES string of the molecule is CNCc1ccc(OC2CCOC3(CCSC3)C2)c(Cl)c1. The quantitative estimate of drug-likeness (QED) is 0.917. The summed E-state index contributed by atoms with van der Waals surface area (Å²) in [7, 11) is 1.93. The van der Waals surface area contributed by atoms with Crippen LogP contribution in [0.2, 0.25) is 5.02 Å². The van der Waals surface area contributed by atoms with Gasteiger partial charge in [0.05, 0.1) is 17.2 Å². The highest BCUT2D eigenvalue weighted by atomic mass is 35.5.